The van der Waals surface area contributed by atoms with Crippen LogP contribution in [0.3, 0.4) is 0 Å². The minimum Gasteiger partial charge on any atom is -0.462 e. The Morgan fingerprint density at radius 3 is 1.24 bits per heavy atom. The van der Waals surface area contributed by atoms with E-state index in [1.165, 1.54) is 174 Å². The number of hydrogen-bond donors (Lipinski definition) is 0. The highest BCUT2D eigenvalue weighted by Crippen LogP contribution is 2.18. The first kappa shape index (κ1) is 48.9. The Labute approximate surface area is 314 Å². The quantitative estimate of drug-likeness (QED) is 0.0470. The zero-order chi connectivity index (χ0) is 36.8. The summed E-state index contributed by atoms with van der Waals surface area (Å²) in [6.07, 6.45) is 40.0. The van der Waals surface area contributed by atoms with Crippen LogP contribution >= 0.6 is 0 Å². The lowest BCUT2D eigenvalue weighted by Gasteiger charge is -2.20. The third kappa shape index (κ3) is 34.0. The Bertz CT molecular complexity index is 698. The fourth-order valence-electron chi connectivity index (χ4n) is 7.14. The van der Waals surface area contributed by atoms with Crippen molar-refractivity contribution in [3.8, 4) is 0 Å². The highest BCUT2D eigenvalue weighted by molar-refractivity contribution is 5.75. The summed E-state index contributed by atoms with van der Waals surface area (Å²) >= 11 is 0. The van der Waals surface area contributed by atoms with Gasteiger partial charge in [0.2, 0.25) is 5.91 Å². The van der Waals surface area contributed by atoms with Crippen LogP contribution in [0.25, 0.3) is 0 Å². The number of carbonyl (C=O) groups excluding carboxylic acids is 2. The van der Waals surface area contributed by atoms with E-state index in [9.17, 15) is 9.59 Å². The van der Waals surface area contributed by atoms with Gasteiger partial charge in [-0.25, -0.2) is 0 Å². The van der Waals surface area contributed by atoms with E-state index in [1.807, 2.05) is 11.9 Å². The van der Waals surface area contributed by atoms with Crippen LogP contribution in [0.1, 0.15) is 240 Å². The number of ether oxygens (including phenoxy) is 1. The summed E-state index contributed by atoms with van der Waals surface area (Å²) in [5.74, 6) is 0.376. The molecule has 0 aromatic rings. The van der Waals surface area contributed by atoms with E-state index >= 15 is 0 Å². The molecule has 0 atom stereocenters. The molecule has 50 heavy (non-hydrogen) atoms. The van der Waals surface area contributed by atoms with Crippen molar-refractivity contribution < 1.29 is 14.3 Å². The number of amides is 1. The van der Waals surface area contributed by atoms with Crippen molar-refractivity contribution in [3.05, 3.63) is 0 Å². The lowest BCUT2D eigenvalue weighted by Crippen LogP contribution is -2.27. The molecule has 1 amide bonds. The van der Waals surface area contributed by atoms with Gasteiger partial charge in [-0.1, -0.05) is 169 Å². The molecular weight excluding hydrogens is 617 g/mol. The predicted octanol–water partition coefficient (Wildman–Crippen LogP) is 13.6. The largest absolute Gasteiger partial charge is 0.462 e. The van der Waals surface area contributed by atoms with Gasteiger partial charge in [0.15, 0.2) is 0 Å². The summed E-state index contributed by atoms with van der Waals surface area (Å²) in [6, 6.07) is 0. The zero-order valence-electron chi connectivity index (χ0n) is 34.9. The average molecular weight is 707 g/mol. The molecule has 0 fully saturated rings. The SMILES string of the molecule is CCCCCCCCCN(C)C(=O)CCCCCCCN(CC)CCCCCCCC(=O)OC(CCCCCCCC)CCCCCCCC. The number of nitrogens with zero attached hydrogens (tertiary/aromatic N) is 2. The zero-order valence-corrected chi connectivity index (χ0v) is 34.9. The number of esters is 1. The molecule has 0 heterocycles. The minimum atomic E-state index is 0.0434. The Balaban J connectivity index is 3.91. The standard InChI is InChI=1S/C45H90N2O3/c1-6-10-13-16-19-26-33-40-46(5)44(48)38-31-24-20-27-34-41-47(9-4)42-35-28-21-25-32-39-45(49)50-43(36-29-22-17-14-11-7-2)37-30-23-18-15-12-8-3/h43H,6-42H2,1-5H3. The second-order valence-electron chi connectivity index (χ2n) is 15.6. The molecular formula is C45H90N2O3. The van der Waals surface area contributed by atoms with Crippen molar-refractivity contribution in [2.45, 2.75) is 246 Å². The molecule has 0 aliphatic rings. The van der Waals surface area contributed by atoms with E-state index in [0.717, 1.165) is 51.6 Å². The third-order valence-electron chi connectivity index (χ3n) is 10.7. The first-order chi connectivity index (χ1) is 24.5. The Kier molecular flexibility index (Phi) is 38.3. The van der Waals surface area contributed by atoms with Gasteiger partial charge in [-0.15, -0.1) is 0 Å². The van der Waals surface area contributed by atoms with Gasteiger partial charge in [0.05, 0.1) is 0 Å². The monoisotopic (exact) mass is 707 g/mol. The van der Waals surface area contributed by atoms with Gasteiger partial charge in [0.25, 0.3) is 0 Å². The van der Waals surface area contributed by atoms with Gasteiger partial charge in [-0.2, -0.15) is 0 Å². The molecule has 0 saturated heterocycles. The molecule has 0 rings (SSSR count). The van der Waals surface area contributed by atoms with Crippen molar-refractivity contribution in [1.82, 2.24) is 9.80 Å². The van der Waals surface area contributed by atoms with Gasteiger partial charge in [-0.3, -0.25) is 9.59 Å². The van der Waals surface area contributed by atoms with Gasteiger partial charge in [-0.05, 0) is 77.4 Å². The Morgan fingerprint density at radius 2 is 0.800 bits per heavy atom. The molecule has 0 aliphatic heterocycles. The van der Waals surface area contributed by atoms with Gasteiger partial charge in [0, 0.05) is 26.4 Å². The number of hydrogen-bond acceptors (Lipinski definition) is 4. The molecule has 0 bridgehead atoms. The molecule has 0 aromatic carbocycles. The number of unbranched alkanes of at least 4 members (excludes halogenated alkanes) is 24. The van der Waals surface area contributed by atoms with Crippen LogP contribution in [-0.4, -0.2) is 61.0 Å². The van der Waals surface area contributed by atoms with Crippen LogP contribution in [0.15, 0.2) is 0 Å². The van der Waals surface area contributed by atoms with Crippen LogP contribution < -0.4 is 0 Å². The highest BCUT2D eigenvalue weighted by Gasteiger charge is 2.14. The van der Waals surface area contributed by atoms with Gasteiger partial charge < -0.3 is 14.5 Å². The van der Waals surface area contributed by atoms with Crippen molar-refractivity contribution in [1.29, 1.82) is 0 Å². The predicted molar refractivity (Wildman–Crippen MR) is 219 cm³/mol. The van der Waals surface area contributed by atoms with Gasteiger partial charge >= 0.3 is 5.97 Å². The lowest BCUT2D eigenvalue weighted by molar-refractivity contribution is -0.150. The maximum atomic E-state index is 12.7. The van der Waals surface area contributed by atoms with Crippen LogP contribution in [0.2, 0.25) is 0 Å². The van der Waals surface area contributed by atoms with Crippen molar-refractivity contribution in [3.63, 3.8) is 0 Å². The molecule has 0 spiro atoms. The molecule has 0 saturated carbocycles. The van der Waals surface area contributed by atoms with E-state index in [0.29, 0.717) is 18.7 Å². The van der Waals surface area contributed by atoms with Crippen molar-refractivity contribution in [2.75, 3.05) is 33.2 Å². The van der Waals surface area contributed by atoms with E-state index in [4.69, 9.17) is 4.74 Å². The van der Waals surface area contributed by atoms with Crippen LogP contribution in [-0.2, 0) is 14.3 Å². The van der Waals surface area contributed by atoms with Crippen LogP contribution in [0.4, 0.5) is 0 Å². The Hall–Kier alpha value is -1.10. The molecule has 0 aromatic heterocycles. The molecule has 0 aliphatic carbocycles. The lowest BCUT2D eigenvalue weighted by atomic mass is 10.0. The minimum absolute atomic E-state index is 0.0434. The normalized spacial score (nSPS) is 11.6. The second kappa shape index (κ2) is 39.1. The smallest absolute Gasteiger partial charge is 0.306 e. The summed E-state index contributed by atoms with van der Waals surface area (Å²) < 4.78 is 6.03. The van der Waals surface area contributed by atoms with Crippen LogP contribution in [0, 0.1) is 0 Å². The first-order valence-electron chi connectivity index (χ1n) is 22.6. The molecule has 5 nitrogen and oxygen atoms in total. The van der Waals surface area contributed by atoms with E-state index in [-0.39, 0.29) is 12.1 Å². The Morgan fingerprint density at radius 1 is 0.440 bits per heavy atom. The molecule has 5 heteroatoms. The summed E-state index contributed by atoms with van der Waals surface area (Å²) in [6.45, 7) is 13.5. The average Bonchev–Trinajstić information content (AvgIpc) is 3.11. The molecule has 0 unspecified atom stereocenters. The molecule has 298 valence electrons. The van der Waals surface area contributed by atoms with Crippen LogP contribution in [0.5, 0.6) is 0 Å². The topological polar surface area (TPSA) is 49.9 Å². The highest BCUT2D eigenvalue weighted by atomic mass is 16.5. The maximum absolute atomic E-state index is 12.7. The molecule has 0 N–H and O–H groups in total. The number of carbonyl (C=O) groups is 2. The maximum Gasteiger partial charge on any atom is 0.306 e. The summed E-state index contributed by atoms with van der Waals surface area (Å²) in [5.41, 5.74) is 0. The fourth-order valence-corrected chi connectivity index (χ4v) is 7.14. The van der Waals surface area contributed by atoms with E-state index < -0.39 is 0 Å². The third-order valence-corrected chi connectivity index (χ3v) is 10.7. The van der Waals surface area contributed by atoms with Crippen molar-refractivity contribution >= 4 is 11.9 Å². The summed E-state index contributed by atoms with van der Waals surface area (Å²) in [4.78, 5) is 29.7. The van der Waals surface area contributed by atoms with Gasteiger partial charge in [0.1, 0.15) is 6.10 Å². The summed E-state index contributed by atoms with van der Waals surface area (Å²) in [5, 5.41) is 0. The van der Waals surface area contributed by atoms with E-state index in [2.05, 4.69) is 32.6 Å². The molecule has 0 radical (unpaired) electrons. The second-order valence-corrected chi connectivity index (χ2v) is 15.6. The fraction of sp³-hybridized carbons (Fsp3) is 0.956. The van der Waals surface area contributed by atoms with E-state index in [1.54, 1.807) is 0 Å². The first-order valence-corrected chi connectivity index (χ1v) is 22.6. The van der Waals surface area contributed by atoms with Crippen molar-refractivity contribution in [2.24, 2.45) is 0 Å². The summed E-state index contributed by atoms with van der Waals surface area (Å²) in [7, 11) is 1.99. The number of rotatable bonds is 40.